The Hall–Kier alpha value is -4.05. The minimum Gasteiger partial charge on any atom is -0.396 e. The highest BCUT2D eigenvalue weighted by Crippen LogP contribution is 2.32. The van der Waals surface area contributed by atoms with Crippen molar-refractivity contribution in [1.82, 2.24) is 25.3 Å². The van der Waals surface area contributed by atoms with E-state index in [4.69, 9.17) is 5.11 Å². The van der Waals surface area contributed by atoms with E-state index < -0.39 is 5.82 Å². The predicted molar refractivity (Wildman–Crippen MR) is 124 cm³/mol. The summed E-state index contributed by atoms with van der Waals surface area (Å²) in [5, 5.41) is 24.5. The topological polar surface area (TPSA) is 110 Å². The van der Waals surface area contributed by atoms with Crippen molar-refractivity contribution in [3.05, 3.63) is 60.8 Å². The minimum atomic E-state index is -0.508. The SMILES string of the molecule is CCN(c1nc(Nc2ccc3c[nH][n+](CCCO)c3c2)ncc1F)c1cccc2[nH]ncc12. The lowest BCUT2D eigenvalue weighted by molar-refractivity contribution is -0.727. The normalized spacial score (nSPS) is 11.4. The lowest BCUT2D eigenvalue weighted by Gasteiger charge is -2.23. The number of nitrogens with zero attached hydrogens (tertiary/aromatic N) is 5. The second kappa shape index (κ2) is 8.83. The summed E-state index contributed by atoms with van der Waals surface area (Å²) >= 11 is 0. The van der Waals surface area contributed by atoms with Crippen LogP contribution in [0.3, 0.4) is 0 Å². The molecule has 0 radical (unpaired) electrons. The minimum absolute atomic E-state index is 0.123. The van der Waals surface area contributed by atoms with Crippen molar-refractivity contribution in [1.29, 1.82) is 0 Å². The number of aliphatic hydroxyl groups is 1. The number of anilines is 4. The molecule has 0 saturated carbocycles. The molecule has 2 aromatic carbocycles. The Kier molecular flexibility index (Phi) is 5.57. The summed E-state index contributed by atoms with van der Waals surface area (Å²) in [6.07, 6.45) is 5.47. The number of aromatic amines is 2. The van der Waals surface area contributed by atoms with Gasteiger partial charge in [0.1, 0.15) is 0 Å². The van der Waals surface area contributed by atoms with Crippen molar-refractivity contribution >= 4 is 44.9 Å². The van der Waals surface area contributed by atoms with Crippen LogP contribution < -0.4 is 14.9 Å². The summed E-state index contributed by atoms with van der Waals surface area (Å²) in [7, 11) is 0. The Morgan fingerprint density at radius 1 is 1.21 bits per heavy atom. The zero-order valence-electron chi connectivity index (χ0n) is 18.1. The summed E-state index contributed by atoms with van der Waals surface area (Å²) in [6, 6.07) is 11.6. The van der Waals surface area contributed by atoms with E-state index in [9.17, 15) is 4.39 Å². The Labute approximate surface area is 188 Å². The first-order valence-electron chi connectivity index (χ1n) is 10.8. The molecule has 0 spiro atoms. The largest absolute Gasteiger partial charge is 0.396 e. The first kappa shape index (κ1) is 20.8. The van der Waals surface area contributed by atoms with Gasteiger partial charge < -0.3 is 15.3 Å². The summed E-state index contributed by atoms with van der Waals surface area (Å²) in [5.74, 6) is -0.0312. The third-order valence-corrected chi connectivity index (χ3v) is 5.54. The molecule has 0 aliphatic rings. The van der Waals surface area contributed by atoms with Crippen molar-refractivity contribution in [2.45, 2.75) is 19.9 Å². The van der Waals surface area contributed by atoms with Gasteiger partial charge in [0.2, 0.25) is 11.5 Å². The number of aliphatic hydroxyl groups excluding tert-OH is 1. The van der Waals surface area contributed by atoms with E-state index in [1.165, 1.54) is 6.20 Å². The van der Waals surface area contributed by atoms with Crippen molar-refractivity contribution in [3.63, 3.8) is 0 Å². The first-order chi connectivity index (χ1) is 16.2. The lowest BCUT2D eigenvalue weighted by atomic mass is 10.2. The van der Waals surface area contributed by atoms with Gasteiger partial charge in [0.05, 0.1) is 35.2 Å². The monoisotopic (exact) mass is 447 g/mol. The number of hydrogen-bond donors (Lipinski definition) is 4. The molecule has 0 aliphatic carbocycles. The van der Waals surface area contributed by atoms with Gasteiger partial charge in [-0.1, -0.05) is 6.07 Å². The van der Waals surface area contributed by atoms with Crippen molar-refractivity contribution in [3.8, 4) is 0 Å². The summed E-state index contributed by atoms with van der Waals surface area (Å²) in [5.41, 5.74) is 3.44. The second-order valence-corrected chi connectivity index (χ2v) is 7.62. The molecule has 4 N–H and O–H groups in total. The van der Waals surface area contributed by atoms with E-state index in [1.54, 1.807) is 11.1 Å². The van der Waals surface area contributed by atoms with Gasteiger partial charge in [-0.3, -0.25) is 5.10 Å². The number of fused-ring (bicyclic) bond motifs is 2. The molecule has 168 valence electrons. The highest BCUT2D eigenvalue weighted by atomic mass is 19.1. The molecule has 0 unspecified atom stereocenters. The molecule has 0 fully saturated rings. The third-order valence-electron chi connectivity index (χ3n) is 5.54. The Morgan fingerprint density at radius 3 is 2.97 bits per heavy atom. The van der Waals surface area contributed by atoms with Crippen LogP contribution in [-0.4, -0.2) is 43.5 Å². The van der Waals surface area contributed by atoms with Crippen LogP contribution in [0.2, 0.25) is 0 Å². The van der Waals surface area contributed by atoms with E-state index in [1.807, 2.05) is 54.2 Å². The summed E-state index contributed by atoms with van der Waals surface area (Å²) in [6.45, 7) is 3.25. The Bertz CT molecular complexity index is 1410. The molecule has 3 aromatic heterocycles. The number of nitrogens with one attached hydrogen (secondary N) is 3. The Balaban J connectivity index is 1.48. The highest BCUT2D eigenvalue weighted by molar-refractivity contribution is 5.93. The molecule has 0 atom stereocenters. The van der Waals surface area contributed by atoms with E-state index in [2.05, 4.69) is 30.6 Å². The molecule has 10 heteroatoms. The number of aryl methyl sites for hydroxylation is 1. The fourth-order valence-electron chi connectivity index (χ4n) is 3.97. The van der Waals surface area contributed by atoms with Crippen LogP contribution in [0.5, 0.6) is 0 Å². The van der Waals surface area contributed by atoms with Crippen molar-refractivity contribution < 1.29 is 14.2 Å². The lowest BCUT2D eigenvalue weighted by Crippen LogP contribution is -2.36. The Morgan fingerprint density at radius 2 is 2.12 bits per heavy atom. The fraction of sp³-hybridized carbons (Fsp3) is 0.217. The highest BCUT2D eigenvalue weighted by Gasteiger charge is 2.19. The quantitative estimate of drug-likeness (QED) is 0.271. The van der Waals surface area contributed by atoms with Crippen LogP contribution in [-0.2, 0) is 6.54 Å². The van der Waals surface area contributed by atoms with Gasteiger partial charge >= 0.3 is 0 Å². The van der Waals surface area contributed by atoms with Crippen LogP contribution in [0.1, 0.15) is 13.3 Å². The zero-order chi connectivity index (χ0) is 22.8. The van der Waals surface area contributed by atoms with Gasteiger partial charge in [-0.05, 0) is 31.2 Å². The van der Waals surface area contributed by atoms with Gasteiger partial charge in [0, 0.05) is 36.7 Å². The predicted octanol–water partition coefficient (Wildman–Crippen LogP) is 3.54. The average molecular weight is 447 g/mol. The van der Waals surface area contributed by atoms with Crippen LogP contribution in [0, 0.1) is 5.82 Å². The van der Waals surface area contributed by atoms with Crippen LogP contribution in [0.25, 0.3) is 21.8 Å². The number of hydrogen-bond acceptors (Lipinski definition) is 6. The molecule has 0 aliphatic heterocycles. The number of aromatic nitrogens is 6. The smallest absolute Gasteiger partial charge is 0.240 e. The summed E-state index contributed by atoms with van der Waals surface area (Å²) in [4.78, 5) is 10.4. The zero-order valence-corrected chi connectivity index (χ0v) is 18.1. The van der Waals surface area contributed by atoms with Gasteiger partial charge in [-0.2, -0.15) is 15.2 Å². The fourth-order valence-corrected chi connectivity index (χ4v) is 3.97. The molecule has 5 rings (SSSR count). The molecule has 3 heterocycles. The van der Waals surface area contributed by atoms with E-state index in [0.29, 0.717) is 25.5 Å². The molecular weight excluding hydrogens is 423 g/mol. The number of H-pyrrole nitrogens is 2. The summed E-state index contributed by atoms with van der Waals surface area (Å²) < 4.78 is 16.8. The van der Waals surface area contributed by atoms with Crippen LogP contribution >= 0.6 is 0 Å². The number of rotatable bonds is 8. The van der Waals surface area contributed by atoms with Gasteiger partial charge in [-0.15, -0.1) is 4.68 Å². The second-order valence-electron chi connectivity index (χ2n) is 7.62. The molecule has 0 saturated heterocycles. The van der Waals surface area contributed by atoms with E-state index in [0.717, 1.165) is 33.2 Å². The number of benzene rings is 2. The molecular formula is C23H24FN8O+. The maximum atomic E-state index is 14.8. The van der Waals surface area contributed by atoms with Gasteiger partial charge in [-0.25, -0.2) is 9.37 Å². The average Bonchev–Trinajstić information content (AvgIpc) is 3.47. The van der Waals surface area contributed by atoms with E-state index in [-0.39, 0.29) is 12.4 Å². The standard InChI is InChI=1S/C23H23FN8O/c1-2-31(20-6-3-5-19-17(20)13-26-30-19)22-18(24)14-25-23(29-22)28-16-8-7-15-12-27-32(9-4-10-33)21(15)11-16/h3,5-8,11-14,33H,2,4,9-10H2,1H3,(H2,25,26,27,28,29,30)/p+1. The molecule has 0 amide bonds. The maximum absolute atomic E-state index is 14.8. The van der Waals surface area contributed by atoms with Gasteiger partial charge in [0.25, 0.3) is 0 Å². The first-order valence-corrected chi connectivity index (χ1v) is 10.8. The molecule has 5 aromatic rings. The van der Waals surface area contributed by atoms with Crippen LogP contribution in [0.4, 0.5) is 27.5 Å². The number of halogens is 1. The maximum Gasteiger partial charge on any atom is 0.240 e. The molecule has 33 heavy (non-hydrogen) atoms. The van der Waals surface area contributed by atoms with E-state index >= 15 is 0 Å². The van der Waals surface area contributed by atoms with Gasteiger partial charge in [0.15, 0.2) is 18.2 Å². The molecule has 9 nitrogen and oxygen atoms in total. The molecule has 0 bridgehead atoms. The van der Waals surface area contributed by atoms with Crippen LogP contribution in [0.15, 0.2) is 55.0 Å². The van der Waals surface area contributed by atoms with Crippen molar-refractivity contribution in [2.75, 3.05) is 23.4 Å². The van der Waals surface area contributed by atoms with Crippen molar-refractivity contribution in [2.24, 2.45) is 0 Å². The third kappa shape index (κ3) is 3.96.